The molecule has 0 saturated carbocycles. The molecule has 1 heteroatoms. The molecule has 0 radical (unpaired) electrons. The van der Waals surface area contributed by atoms with E-state index in [1.54, 1.807) is 0 Å². The summed E-state index contributed by atoms with van der Waals surface area (Å²) in [6.07, 6.45) is 5.42. The molecule has 0 aromatic heterocycles. The molecule has 218 valence electrons. The summed E-state index contributed by atoms with van der Waals surface area (Å²) in [5.74, 6) is 1.17. The number of hydrogen-bond acceptors (Lipinski definition) is 1. The van der Waals surface area contributed by atoms with Crippen LogP contribution >= 0.6 is 0 Å². The van der Waals surface area contributed by atoms with Gasteiger partial charge < -0.3 is 0 Å². The van der Waals surface area contributed by atoms with Gasteiger partial charge in [-0.2, -0.15) is 5.26 Å². The minimum Gasteiger partial charge on any atom is -0.198 e. The first kappa shape index (κ1) is 30.3. The summed E-state index contributed by atoms with van der Waals surface area (Å²) in [6.45, 7) is 11.5. The maximum atomic E-state index is 9.15. The fourth-order valence-corrected chi connectivity index (χ4v) is 6.50. The first-order valence-electron chi connectivity index (χ1n) is 16.1. The molecule has 0 heterocycles. The second kappa shape index (κ2) is 13.9. The van der Waals surface area contributed by atoms with Crippen molar-refractivity contribution >= 4 is 10.8 Å². The molecule has 0 atom stereocenters. The molecular weight excluding hydrogens is 518 g/mol. The molecule has 0 amide bonds. The van der Waals surface area contributed by atoms with Crippen molar-refractivity contribution in [2.24, 2.45) is 11.8 Å². The Morgan fingerprint density at radius 2 is 1.26 bits per heavy atom. The van der Waals surface area contributed by atoms with E-state index in [4.69, 9.17) is 5.26 Å². The molecule has 0 fully saturated rings. The van der Waals surface area contributed by atoms with Crippen molar-refractivity contribution in [3.8, 4) is 28.3 Å². The van der Waals surface area contributed by atoms with Gasteiger partial charge in [0.05, 0.1) is 6.07 Å². The molecule has 0 aliphatic carbocycles. The lowest BCUT2D eigenvalue weighted by molar-refractivity contribution is 0.643. The molecular formula is C42H45N. The lowest BCUT2D eigenvalue weighted by Crippen LogP contribution is -2.01. The van der Waals surface area contributed by atoms with E-state index < -0.39 is 0 Å². The Bertz CT molecular complexity index is 1740. The Labute approximate surface area is 259 Å². The third kappa shape index (κ3) is 7.26. The van der Waals surface area contributed by atoms with Crippen LogP contribution in [0.15, 0.2) is 97.1 Å². The summed E-state index contributed by atoms with van der Waals surface area (Å²) < 4.78 is 0. The summed E-state index contributed by atoms with van der Waals surface area (Å²) in [4.78, 5) is 0. The highest BCUT2D eigenvalue weighted by Gasteiger charge is 2.15. The van der Waals surface area contributed by atoms with Gasteiger partial charge in [-0.05, 0) is 110 Å². The maximum absolute atomic E-state index is 9.15. The van der Waals surface area contributed by atoms with Gasteiger partial charge in [-0.3, -0.25) is 0 Å². The van der Waals surface area contributed by atoms with Crippen LogP contribution in [0.3, 0.4) is 0 Å². The van der Waals surface area contributed by atoms with Crippen LogP contribution in [0.5, 0.6) is 0 Å². The predicted octanol–water partition coefficient (Wildman–Crippen LogP) is 11.2. The highest BCUT2D eigenvalue weighted by Crippen LogP contribution is 2.35. The predicted molar refractivity (Wildman–Crippen MR) is 184 cm³/mol. The monoisotopic (exact) mass is 563 g/mol. The van der Waals surface area contributed by atoms with Crippen molar-refractivity contribution < 1.29 is 0 Å². The minimum absolute atomic E-state index is 0.552. The molecule has 5 aromatic carbocycles. The second-order valence-corrected chi connectivity index (χ2v) is 12.9. The zero-order valence-corrected chi connectivity index (χ0v) is 26.6. The van der Waals surface area contributed by atoms with Crippen LogP contribution < -0.4 is 0 Å². The maximum Gasteiger partial charge on any atom is 0.0625 e. The number of aryl methyl sites for hydroxylation is 2. The van der Waals surface area contributed by atoms with Crippen molar-refractivity contribution in [2.75, 3.05) is 0 Å². The van der Waals surface area contributed by atoms with Gasteiger partial charge in [0, 0.05) is 6.42 Å². The Morgan fingerprint density at radius 3 is 2.00 bits per heavy atom. The fourth-order valence-electron chi connectivity index (χ4n) is 6.50. The number of nitrogens with zero attached hydrogens (tertiary/aromatic N) is 1. The number of rotatable bonds is 11. The summed E-state index contributed by atoms with van der Waals surface area (Å²) in [7, 11) is 0. The molecule has 0 aliphatic heterocycles. The van der Waals surface area contributed by atoms with Crippen LogP contribution in [-0.2, 0) is 32.1 Å². The highest BCUT2D eigenvalue weighted by atomic mass is 14.2. The molecule has 0 N–H and O–H groups in total. The lowest BCUT2D eigenvalue weighted by atomic mass is 9.86. The Morgan fingerprint density at radius 1 is 0.605 bits per heavy atom. The Balaban J connectivity index is 1.66. The van der Waals surface area contributed by atoms with Crippen LogP contribution in [0.2, 0.25) is 0 Å². The fraction of sp³-hybridized carbons (Fsp3) is 0.310. The van der Waals surface area contributed by atoms with Crippen LogP contribution in [0.1, 0.15) is 74.4 Å². The molecule has 1 nitrogen and oxygen atoms in total. The average molecular weight is 564 g/mol. The normalized spacial score (nSPS) is 11.4. The van der Waals surface area contributed by atoms with Crippen LogP contribution in [-0.4, -0.2) is 0 Å². The minimum atomic E-state index is 0.552. The van der Waals surface area contributed by atoms with Crippen molar-refractivity contribution in [1.29, 1.82) is 5.26 Å². The molecule has 5 aromatic rings. The van der Waals surface area contributed by atoms with Crippen molar-refractivity contribution in [3.63, 3.8) is 0 Å². The van der Waals surface area contributed by atoms with E-state index in [0.717, 1.165) is 32.1 Å². The van der Waals surface area contributed by atoms with Crippen LogP contribution in [0, 0.1) is 23.2 Å². The molecule has 0 saturated heterocycles. The molecule has 0 bridgehead atoms. The van der Waals surface area contributed by atoms with Gasteiger partial charge in [0.25, 0.3) is 0 Å². The third-order valence-electron chi connectivity index (χ3n) is 8.53. The van der Waals surface area contributed by atoms with Crippen molar-refractivity contribution in [2.45, 2.75) is 73.1 Å². The smallest absolute Gasteiger partial charge is 0.0625 e. The lowest BCUT2D eigenvalue weighted by Gasteiger charge is -2.19. The molecule has 0 unspecified atom stereocenters. The van der Waals surface area contributed by atoms with Crippen LogP contribution in [0.25, 0.3) is 33.0 Å². The van der Waals surface area contributed by atoms with E-state index in [1.807, 2.05) is 0 Å². The largest absolute Gasteiger partial charge is 0.198 e. The van der Waals surface area contributed by atoms with Crippen molar-refractivity contribution in [1.82, 2.24) is 0 Å². The molecule has 5 rings (SSSR count). The number of hydrogen-bond donors (Lipinski definition) is 0. The van der Waals surface area contributed by atoms with Gasteiger partial charge in [0.2, 0.25) is 0 Å². The summed E-state index contributed by atoms with van der Waals surface area (Å²) in [5.41, 5.74) is 13.5. The summed E-state index contributed by atoms with van der Waals surface area (Å²) >= 11 is 0. The Kier molecular flexibility index (Phi) is 9.79. The second-order valence-electron chi connectivity index (χ2n) is 12.9. The quantitative estimate of drug-likeness (QED) is 0.157. The number of benzene rings is 5. The van der Waals surface area contributed by atoms with Gasteiger partial charge in [-0.1, -0.05) is 132 Å². The Hall–Kier alpha value is -4.15. The summed E-state index contributed by atoms with van der Waals surface area (Å²) in [5, 5.41) is 11.8. The molecule has 0 spiro atoms. The van der Waals surface area contributed by atoms with Crippen LogP contribution in [0.4, 0.5) is 0 Å². The summed E-state index contributed by atoms with van der Waals surface area (Å²) in [6, 6.07) is 38.9. The van der Waals surface area contributed by atoms with E-state index in [1.165, 1.54) is 66.4 Å². The molecule has 0 aliphatic rings. The SMILES string of the molecule is CCc1ccc(-c2ccc(-c3ccc(CCC#N)cc3CC(C)C)cc2Cc2cccc3ccccc23)cc1CC(C)C. The van der Waals surface area contributed by atoms with Gasteiger partial charge >= 0.3 is 0 Å². The van der Waals surface area contributed by atoms with E-state index in [0.29, 0.717) is 18.3 Å². The zero-order chi connectivity index (χ0) is 30.3. The third-order valence-corrected chi connectivity index (χ3v) is 8.53. The van der Waals surface area contributed by atoms with Gasteiger partial charge in [-0.15, -0.1) is 0 Å². The highest BCUT2D eigenvalue weighted by molar-refractivity contribution is 5.86. The average Bonchev–Trinajstić information content (AvgIpc) is 3.00. The van der Waals surface area contributed by atoms with E-state index in [-0.39, 0.29) is 0 Å². The standard InChI is InChI=1S/C42H45N/c1-6-32-17-18-35(26-37(32)23-29(2)3)42-21-19-36(41-20-16-31(11-10-22-43)25-38(41)24-30(4)5)28-39(42)27-34-14-9-13-33-12-7-8-15-40(33)34/h7-9,12-21,25-26,28-30H,6,10-11,23-24,27H2,1-5H3. The van der Waals surface area contributed by atoms with E-state index >= 15 is 0 Å². The molecule has 43 heavy (non-hydrogen) atoms. The van der Waals surface area contributed by atoms with Crippen molar-refractivity contribution in [3.05, 3.63) is 130 Å². The van der Waals surface area contributed by atoms with Gasteiger partial charge in [0.1, 0.15) is 0 Å². The number of fused-ring (bicyclic) bond motifs is 1. The van der Waals surface area contributed by atoms with E-state index in [9.17, 15) is 0 Å². The first-order valence-corrected chi connectivity index (χ1v) is 16.1. The topological polar surface area (TPSA) is 23.8 Å². The first-order chi connectivity index (χ1) is 20.9. The van der Waals surface area contributed by atoms with E-state index in [2.05, 4.69) is 138 Å². The zero-order valence-electron chi connectivity index (χ0n) is 26.6. The van der Waals surface area contributed by atoms with Gasteiger partial charge in [-0.25, -0.2) is 0 Å². The van der Waals surface area contributed by atoms with Gasteiger partial charge in [0.15, 0.2) is 0 Å². The number of nitriles is 1.